The summed E-state index contributed by atoms with van der Waals surface area (Å²) in [6.07, 6.45) is 3.13. The molecule has 94 valence electrons. The molecule has 0 radical (unpaired) electrons. The minimum absolute atomic E-state index is 0.0125. The van der Waals surface area contributed by atoms with Gasteiger partial charge in [0.2, 0.25) is 0 Å². The molecule has 1 aromatic heterocycles. The predicted octanol–water partition coefficient (Wildman–Crippen LogP) is 2.48. The highest BCUT2D eigenvalue weighted by atomic mass is 35.5. The lowest BCUT2D eigenvalue weighted by Gasteiger charge is -2.10. The monoisotopic (exact) mass is 262 g/mol. The molecule has 0 aliphatic carbocycles. The number of nitrogens with one attached hydrogen (secondary N) is 2. The summed E-state index contributed by atoms with van der Waals surface area (Å²) in [5.74, 6) is 0. The molecule has 1 saturated heterocycles. The molecule has 4 heteroatoms. The van der Waals surface area contributed by atoms with E-state index in [1.807, 2.05) is 18.2 Å². The van der Waals surface area contributed by atoms with Crippen LogP contribution in [0.1, 0.15) is 18.4 Å². The van der Waals surface area contributed by atoms with Crippen LogP contribution in [0.3, 0.4) is 0 Å². The number of benzene rings is 1. The first kappa shape index (κ1) is 11.8. The van der Waals surface area contributed by atoms with E-state index in [0.717, 1.165) is 35.9 Å². The molecule has 1 fully saturated rings. The maximum absolute atomic E-state index is 12.0. The van der Waals surface area contributed by atoms with Crippen molar-refractivity contribution >= 4 is 22.5 Å². The minimum atomic E-state index is 0.0125. The standard InChI is InChI=1S/C14H15ClN2O/c15-11-3-4-13-9(7-11)6-10(14(18)17-13)8-12-2-1-5-16-12/h3-4,6-7,12,16H,1-2,5,8H2,(H,17,18). The van der Waals surface area contributed by atoms with E-state index in [1.54, 1.807) is 6.07 Å². The fourth-order valence-corrected chi connectivity index (χ4v) is 2.75. The second kappa shape index (κ2) is 4.75. The molecule has 0 spiro atoms. The van der Waals surface area contributed by atoms with E-state index in [-0.39, 0.29) is 5.56 Å². The molecule has 1 aromatic carbocycles. The molecular weight excluding hydrogens is 248 g/mol. The van der Waals surface area contributed by atoms with Crippen molar-refractivity contribution < 1.29 is 0 Å². The Morgan fingerprint density at radius 3 is 3.00 bits per heavy atom. The van der Waals surface area contributed by atoms with Gasteiger partial charge in [-0.15, -0.1) is 0 Å². The van der Waals surface area contributed by atoms with Gasteiger partial charge >= 0.3 is 0 Å². The fraction of sp³-hybridized carbons (Fsp3) is 0.357. The topological polar surface area (TPSA) is 44.9 Å². The van der Waals surface area contributed by atoms with Crippen LogP contribution in [-0.4, -0.2) is 17.6 Å². The normalized spacial score (nSPS) is 19.5. The third kappa shape index (κ3) is 2.28. The maximum atomic E-state index is 12.0. The second-order valence-electron chi connectivity index (χ2n) is 4.85. The Kier molecular flexibility index (Phi) is 3.10. The van der Waals surface area contributed by atoms with E-state index < -0.39 is 0 Å². The molecule has 18 heavy (non-hydrogen) atoms. The summed E-state index contributed by atoms with van der Waals surface area (Å²) < 4.78 is 0. The Hall–Kier alpha value is -1.32. The molecular formula is C14H15ClN2O. The highest BCUT2D eigenvalue weighted by Crippen LogP contribution is 2.18. The predicted molar refractivity (Wildman–Crippen MR) is 74.3 cm³/mol. The van der Waals surface area contributed by atoms with Crippen molar-refractivity contribution in [1.29, 1.82) is 0 Å². The summed E-state index contributed by atoms with van der Waals surface area (Å²) >= 11 is 5.98. The average molecular weight is 263 g/mol. The number of aromatic amines is 1. The lowest BCUT2D eigenvalue weighted by atomic mass is 10.0. The van der Waals surface area contributed by atoms with Gasteiger partial charge < -0.3 is 10.3 Å². The molecule has 2 heterocycles. The van der Waals surface area contributed by atoms with E-state index in [9.17, 15) is 4.79 Å². The van der Waals surface area contributed by atoms with E-state index in [4.69, 9.17) is 11.6 Å². The first-order chi connectivity index (χ1) is 8.72. The lowest BCUT2D eigenvalue weighted by molar-refractivity contribution is 0.600. The number of H-pyrrole nitrogens is 1. The largest absolute Gasteiger partial charge is 0.322 e. The maximum Gasteiger partial charge on any atom is 0.251 e. The van der Waals surface area contributed by atoms with Crippen LogP contribution in [0.4, 0.5) is 0 Å². The Labute approximate surface area is 110 Å². The zero-order valence-corrected chi connectivity index (χ0v) is 10.8. The number of hydrogen-bond donors (Lipinski definition) is 2. The van der Waals surface area contributed by atoms with E-state index in [1.165, 1.54) is 6.42 Å². The molecule has 0 saturated carbocycles. The van der Waals surface area contributed by atoms with Crippen molar-refractivity contribution in [3.63, 3.8) is 0 Å². The van der Waals surface area contributed by atoms with Crippen LogP contribution in [0.25, 0.3) is 10.9 Å². The molecule has 0 amide bonds. The van der Waals surface area contributed by atoms with Gasteiger partial charge in [0.05, 0.1) is 0 Å². The number of halogens is 1. The van der Waals surface area contributed by atoms with Gasteiger partial charge in [-0.1, -0.05) is 11.6 Å². The molecule has 2 N–H and O–H groups in total. The van der Waals surface area contributed by atoms with Gasteiger partial charge in [0.1, 0.15) is 0 Å². The number of hydrogen-bond acceptors (Lipinski definition) is 2. The van der Waals surface area contributed by atoms with Crippen molar-refractivity contribution in [3.8, 4) is 0 Å². The van der Waals surface area contributed by atoms with Crippen molar-refractivity contribution in [1.82, 2.24) is 10.3 Å². The molecule has 3 rings (SSSR count). The van der Waals surface area contributed by atoms with Gasteiger partial charge in [-0.3, -0.25) is 4.79 Å². The van der Waals surface area contributed by atoms with Crippen molar-refractivity contribution in [2.24, 2.45) is 0 Å². The molecule has 2 aromatic rings. The van der Waals surface area contributed by atoms with Crippen LogP contribution in [0.2, 0.25) is 5.02 Å². The van der Waals surface area contributed by atoms with E-state index >= 15 is 0 Å². The Morgan fingerprint density at radius 2 is 2.22 bits per heavy atom. The number of pyridine rings is 1. The minimum Gasteiger partial charge on any atom is -0.322 e. The Balaban J connectivity index is 2.00. The van der Waals surface area contributed by atoms with E-state index in [2.05, 4.69) is 10.3 Å². The first-order valence-electron chi connectivity index (χ1n) is 6.27. The van der Waals surface area contributed by atoms with Crippen LogP contribution in [0, 0.1) is 0 Å². The van der Waals surface area contributed by atoms with Gasteiger partial charge in [-0.05, 0) is 55.5 Å². The number of fused-ring (bicyclic) bond motifs is 1. The summed E-state index contributed by atoms with van der Waals surface area (Å²) in [5.41, 5.74) is 1.69. The van der Waals surface area contributed by atoms with Crippen LogP contribution < -0.4 is 10.9 Å². The first-order valence-corrected chi connectivity index (χ1v) is 6.65. The Bertz CT molecular complexity index is 629. The fourth-order valence-electron chi connectivity index (χ4n) is 2.57. The summed E-state index contributed by atoms with van der Waals surface area (Å²) in [6, 6.07) is 7.91. The molecule has 3 nitrogen and oxygen atoms in total. The molecule has 1 unspecified atom stereocenters. The molecule has 1 aliphatic heterocycles. The van der Waals surface area contributed by atoms with E-state index in [0.29, 0.717) is 11.1 Å². The summed E-state index contributed by atoms with van der Waals surface area (Å²) in [4.78, 5) is 14.9. The van der Waals surface area contributed by atoms with Crippen molar-refractivity contribution in [3.05, 3.63) is 45.2 Å². The Morgan fingerprint density at radius 1 is 1.33 bits per heavy atom. The van der Waals surface area contributed by atoms with Gasteiger partial charge in [-0.2, -0.15) is 0 Å². The zero-order chi connectivity index (χ0) is 12.5. The lowest BCUT2D eigenvalue weighted by Crippen LogP contribution is -2.27. The summed E-state index contributed by atoms with van der Waals surface area (Å²) in [5, 5.41) is 5.10. The summed E-state index contributed by atoms with van der Waals surface area (Å²) in [7, 11) is 0. The third-order valence-electron chi connectivity index (χ3n) is 3.51. The van der Waals surface area contributed by atoms with Gasteiger partial charge in [-0.25, -0.2) is 0 Å². The average Bonchev–Trinajstić information content (AvgIpc) is 2.83. The summed E-state index contributed by atoms with van der Waals surface area (Å²) in [6.45, 7) is 1.06. The van der Waals surface area contributed by atoms with Crippen LogP contribution in [0.5, 0.6) is 0 Å². The van der Waals surface area contributed by atoms with Crippen LogP contribution in [0.15, 0.2) is 29.1 Å². The third-order valence-corrected chi connectivity index (χ3v) is 3.75. The molecule has 1 aliphatic rings. The van der Waals surface area contributed by atoms with Gasteiger partial charge in [0.25, 0.3) is 5.56 Å². The van der Waals surface area contributed by atoms with Gasteiger partial charge in [0, 0.05) is 22.1 Å². The SMILES string of the molecule is O=c1[nH]c2ccc(Cl)cc2cc1CC1CCCN1. The molecule has 1 atom stereocenters. The van der Waals surface area contributed by atoms with Crippen molar-refractivity contribution in [2.45, 2.75) is 25.3 Å². The highest BCUT2D eigenvalue weighted by Gasteiger charge is 2.16. The van der Waals surface area contributed by atoms with Gasteiger partial charge in [0.15, 0.2) is 0 Å². The number of aromatic nitrogens is 1. The quantitative estimate of drug-likeness (QED) is 0.873. The molecule has 0 bridgehead atoms. The zero-order valence-electron chi connectivity index (χ0n) is 10.0. The smallest absolute Gasteiger partial charge is 0.251 e. The van der Waals surface area contributed by atoms with Crippen molar-refractivity contribution in [2.75, 3.05) is 6.54 Å². The highest BCUT2D eigenvalue weighted by molar-refractivity contribution is 6.31. The van der Waals surface area contributed by atoms with Crippen LogP contribution >= 0.6 is 11.6 Å². The second-order valence-corrected chi connectivity index (χ2v) is 5.29. The number of rotatable bonds is 2. The van der Waals surface area contributed by atoms with Crippen LogP contribution in [-0.2, 0) is 6.42 Å².